The predicted molar refractivity (Wildman–Crippen MR) is 84.6 cm³/mol. The first-order valence-electron chi connectivity index (χ1n) is 7.54. The largest absolute Gasteiger partial charge is 0.437 e. The molecule has 0 saturated carbocycles. The fourth-order valence-corrected chi connectivity index (χ4v) is 2.06. The highest BCUT2D eigenvalue weighted by molar-refractivity contribution is 5.38. The smallest absolute Gasteiger partial charge is 0.238 e. The molecule has 4 nitrogen and oxygen atoms in total. The molecule has 0 fully saturated rings. The highest BCUT2D eigenvalue weighted by Crippen LogP contribution is 2.31. The molecule has 1 atom stereocenters. The van der Waals surface area contributed by atoms with E-state index in [-0.39, 0.29) is 0 Å². The number of nitrogens with one attached hydrogen (secondary N) is 1. The Kier molecular flexibility index (Phi) is 5.69. The molecule has 0 bridgehead atoms. The predicted octanol–water partition coefficient (Wildman–Crippen LogP) is 3.89. The number of benzene rings is 1. The summed E-state index contributed by atoms with van der Waals surface area (Å²) < 4.78 is 5.90. The van der Waals surface area contributed by atoms with Crippen LogP contribution in [-0.2, 0) is 6.54 Å². The molecule has 2 rings (SSSR count). The van der Waals surface area contributed by atoms with E-state index in [1.165, 1.54) is 5.56 Å². The van der Waals surface area contributed by atoms with Crippen LogP contribution in [0.4, 0.5) is 0 Å². The first kappa shape index (κ1) is 15.4. The minimum absolute atomic E-state index is 0.460. The van der Waals surface area contributed by atoms with Gasteiger partial charge in [-0.2, -0.15) is 5.10 Å². The molecule has 112 valence electrons. The first-order chi connectivity index (χ1) is 10.2. The zero-order valence-electron chi connectivity index (χ0n) is 13.0. The molecule has 0 aliphatic rings. The quantitative estimate of drug-likeness (QED) is 0.838. The number of para-hydroxylation sites is 1. The van der Waals surface area contributed by atoms with Gasteiger partial charge < -0.3 is 10.1 Å². The van der Waals surface area contributed by atoms with E-state index in [1.54, 1.807) is 0 Å². The normalized spacial score (nSPS) is 12.1. The van der Waals surface area contributed by atoms with Crippen molar-refractivity contribution in [3.05, 3.63) is 47.7 Å². The van der Waals surface area contributed by atoms with Crippen LogP contribution < -0.4 is 10.1 Å². The molecule has 0 aliphatic heterocycles. The molecule has 0 amide bonds. The lowest BCUT2D eigenvalue weighted by Crippen LogP contribution is -2.13. The van der Waals surface area contributed by atoms with Gasteiger partial charge in [0.1, 0.15) is 5.75 Å². The first-order valence-corrected chi connectivity index (χ1v) is 7.54. The standard InChI is InChI=1S/C17H23N3O/c1-4-13(3)15-8-6-7-9-16(15)21-17-11-10-14(19-20-17)12-18-5-2/h6-11,13,18H,4-5,12H2,1-3H3. The summed E-state index contributed by atoms with van der Waals surface area (Å²) in [7, 11) is 0. The maximum absolute atomic E-state index is 5.90. The Morgan fingerprint density at radius 3 is 2.57 bits per heavy atom. The van der Waals surface area contributed by atoms with Crippen LogP contribution in [0.3, 0.4) is 0 Å². The maximum atomic E-state index is 5.90. The van der Waals surface area contributed by atoms with Crippen LogP contribution in [0.5, 0.6) is 11.6 Å². The highest BCUT2D eigenvalue weighted by atomic mass is 16.5. The van der Waals surface area contributed by atoms with E-state index < -0.39 is 0 Å². The van der Waals surface area contributed by atoms with Gasteiger partial charge in [-0.05, 0) is 36.6 Å². The van der Waals surface area contributed by atoms with Crippen LogP contribution in [0.25, 0.3) is 0 Å². The molecule has 0 spiro atoms. The van der Waals surface area contributed by atoms with Crippen molar-refractivity contribution in [2.45, 2.75) is 39.7 Å². The Hall–Kier alpha value is -1.94. The van der Waals surface area contributed by atoms with Crippen molar-refractivity contribution in [3.63, 3.8) is 0 Å². The highest BCUT2D eigenvalue weighted by Gasteiger charge is 2.11. The second-order valence-electron chi connectivity index (χ2n) is 5.09. The van der Waals surface area contributed by atoms with Crippen molar-refractivity contribution in [2.75, 3.05) is 6.54 Å². The van der Waals surface area contributed by atoms with Crippen LogP contribution in [0, 0.1) is 0 Å². The average molecular weight is 285 g/mol. The van der Waals surface area contributed by atoms with Crippen molar-refractivity contribution >= 4 is 0 Å². The second kappa shape index (κ2) is 7.74. The van der Waals surface area contributed by atoms with Crippen LogP contribution >= 0.6 is 0 Å². The molecule has 0 saturated heterocycles. The van der Waals surface area contributed by atoms with Gasteiger partial charge in [-0.25, -0.2) is 0 Å². The minimum atomic E-state index is 0.460. The van der Waals surface area contributed by atoms with Gasteiger partial charge in [0.2, 0.25) is 5.88 Å². The molecule has 0 radical (unpaired) electrons. The zero-order valence-corrected chi connectivity index (χ0v) is 13.0. The van der Waals surface area contributed by atoms with E-state index in [1.807, 2.05) is 30.3 Å². The molecule has 4 heteroatoms. The van der Waals surface area contributed by atoms with Crippen molar-refractivity contribution in [3.8, 4) is 11.6 Å². The van der Waals surface area contributed by atoms with Crippen LogP contribution in [-0.4, -0.2) is 16.7 Å². The fraction of sp³-hybridized carbons (Fsp3) is 0.412. The number of hydrogen-bond donors (Lipinski definition) is 1. The zero-order chi connectivity index (χ0) is 15.1. The molecule has 21 heavy (non-hydrogen) atoms. The van der Waals surface area contributed by atoms with Gasteiger partial charge >= 0.3 is 0 Å². The summed E-state index contributed by atoms with van der Waals surface area (Å²) in [6.45, 7) is 8.09. The molecule has 2 aromatic rings. The van der Waals surface area contributed by atoms with Crippen molar-refractivity contribution in [1.29, 1.82) is 0 Å². The molecule has 0 aliphatic carbocycles. The van der Waals surface area contributed by atoms with Gasteiger partial charge in [-0.1, -0.05) is 39.0 Å². The Morgan fingerprint density at radius 1 is 1.10 bits per heavy atom. The van der Waals surface area contributed by atoms with Crippen LogP contribution in [0.1, 0.15) is 44.4 Å². The van der Waals surface area contributed by atoms with Crippen LogP contribution in [0.15, 0.2) is 36.4 Å². The second-order valence-corrected chi connectivity index (χ2v) is 5.09. The Bertz CT molecular complexity index is 554. The maximum Gasteiger partial charge on any atom is 0.238 e. The number of rotatable bonds is 7. The third-order valence-electron chi connectivity index (χ3n) is 3.53. The van der Waals surface area contributed by atoms with E-state index in [0.29, 0.717) is 11.8 Å². The Labute approximate surface area is 126 Å². The summed E-state index contributed by atoms with van der Waals surface area (Å²) in [5.41, 5.74) is 2.12. The number of hydrogen-bond acceptors (Lipinski definition) is 4. The van der Waals surface area contributed by atoms with E-state index in [2.05, 4.69) is 42.4 Å². The summed E-state index contributed by atoms with van der Waals surface area (Å²) in [6, 6.07) is 11.9. The summed E-state index contributed by atoms with van der Waals surface area (Å²) >= 11 is 0. The fourth-order valence-electron chi connectivity index (χ4n) is 2.06. The Balaban J connectivity index is 2.11. The molecule has 1 heterocycles. The van der Waals surface area contributed by atoms with Crippen molar-refractivity contribution in [1.82, 2.24) is 15.5 Å². The number of nitrogens with zero attached hydrogens (tertiary/aromatic N) is 2. The molecule has 1 N–H and O–H groups in total. The molecule has 1 aromatic heterocycles. The SMILES string of the molecule is CCNCc1ccc(Oc2ccccc2C(C)CC)nn1. The van der Waals surface area contributed by atoms with Crippen molar-refractivity contribution < 1.29 is 4.74 Å². The summed E-state index contributed by atoms with van der Waals surface area (Å²) in [5.74, 6) is 1.86. The molecular weight excluding hydrogens is 262 g/mol. The number of ether oxygens (including phenoxy) is 1. The topological polar surface area (TPSA) is 47.0 Å². The van der Waals surface area contributed by atoms with Gasteiger partial charge in [0.05, 0.1) is 5.69 Å². The minimum Gasteiger partial charge on any atom is -0.437 e. The third kappa shape index (κ3) is 4.26. The summed E-state index contributed by atoms with van der Waals surface area (Å²) in [5, 5.41) is 11.5. The van der Waals surface area contributed by atoms with Gasteiger partial charge in [0.15, 0.2) is 0 Å². The van der Waals surface area contributed by atoms with E-state index in [9.17, 15) is 0 Å². The lowest BCUT2D eigenvalue weighted by Gasteiger charge is -2.14. The summed E-state index contributed by atoms with van der Waals surface area (Å²) in [6.07, 6.45) is 1.08. The van der Waals surface area contributed by atoms with Crippen molar-refractivity contribution in [2.24, 2.45) is 0 Å². The van der Waals surface area contributed by atoms with Gasteiger partial charge in [0.25, 0.3) is 0 Å². The van der Waals surface area contributed by atoms with Crippen LogP contribution in [0.2, 0.25) is 0 Å². The molecule has 1 aromatic carbocycles. The van der Waals surface area contributed by atoms with Gasteiger partial charge in [-0.3, -0.25) is 0 Å². The Morgan fingerprint density at radius 2 is 1.90 bits per heavy atom. The average Bonchev–Trinajstić information content (AvgIpc) is 2.54. The van der Waals surface area contributed by atoms with Gasteiger partial charge in [0, 0.05) is 12.6 Å². The van der Waals surface area contributed by atoms with E-state index in [4.69, 9.17) is 4.74 Å². The van der Waals surface area contributed by atoms with E-state index >= 15 is 0 Å². The lowest BCUT2D eigenvalue weighted by molar-refractivity contribution is 0.443. The lowest BCUT2D eigenvalue weighted by atomic mass is 9.98. The third-order valence-corrected chi connectivity index (χ3v) is 3.53. The molecule has 1 unspecified atom stereocenters. The summed E-state index contributed by atoms with van der Waals surface area (Å²) in [4.78, 5) is 0. The monoisotopic (exact) mass is 285 g/mol. The van der Waals surface area contributed by atoms with Gasteiger partial charge in [-0.15, -0.1) is 5.10 Å². The number of aromatic nitrogens is 2. The van der Waals surface area contributed by atoms with E-state index in [0.717, 1.165) is 31.0 Å². The molecular formula is C17H23N3O.